The number of thioether (sulfide) groups is 1. The number of amides is 1. The van der Waals surface area contributed by atoms with Crippen LogP contribution in [0.3, 0.4) is 0 Å². The lowest BCUT2D eigenvalue weighted by atomic mass is 10.2. The van der Waals surface area contributed by atoms with E-state index in [-0.39, 0.29) is 18.1 Å². The number of carbonyl (C=O) groups is 1. The van der Waals surface area contributed by atoms with Gasteiger partial charge >= 0.3 is 5.69 Å². The molecule has 0 spiro atoms. The number of nitrogens with one attached hydrogen (secondary N) is 3. The normalized spacial score (nSPS) is 10.9. The fourth-order valence-corrected chi connectivity index (χ4v) is 4.27. The summed E-state index contributed by atoms with van der Waals surface area (Å²) >= 11 is 7.36. The highest BCUT2D eigenvalue weighted by Crippen LogP contribution is 2.25. The van der Waals surface area contributed by atoms with Gasteiger partial charge in [0.2, 0.25) is 5.91 Å². The van der Waals surface area contributed by atoms with Crippen LogP contribution in [0.5, 0.6) is 0 Å². The first-order chi connectivity index (χ1) is 16.3. The summed E-state index contributed by atoms with van der Waals surface area (Å²) in [6.07, 6.45) is 0.175. The van der Waals surface area contributed by atoms with Crippen molar-refractivity contribution in [2.24, 2.45) is 0 Å². The van der Waals surface area contributed by atoms with E-state index in [1.165, 1.54) is 17.8 Å². The Kier molecular flexibility index (Phi) is 6.99. The number of benzene rings is 2. The molecule has 174 valence electrons. The molecule has 0 saturated carbocycles. The monoisotopic (exact) mass is 496 g/mol. The van der Waals surface area contributed by atoms with Gasteiger partial charge in [0, 0.05) is 34.6 Å². The van der Waals surface area contributed by atoms with Crippen molar-refractivity contribution in [1.82, 2.24) is 24.7 Å². The molecule has 0 radical (unpaired) electrons. The lowest BCUT2D eigenvalue weighted by Crippen LogP contribution is -2.23. The number of carbonyl (C=O) groups excluding carboxylic acids is 1. The molecular weight excluding hydrogens is 476 g/mol. The van der Waals surface area contributed by atoms with Crippen molar-refractivity contribution >= 4 is 35.0 Å². The minimum Gasteiger partial charge on any atom is -0.325 e. The minimum absolute atomic E-state index is 0.0945. The number of anilines is 1. The van der Waals surface area contributed by atoms with Gasteiger partial charge in [-0.25, -0.2) is 4.79 Å². The van der Waals surface area contributed by atoms with E-state index >= 15 is 0 Å². The molecule has 0 unspecified atom stereocenters. The fraction of sp³-hybridized carbons (Fsp3) is 0.174. The predicted octanol–water partition coefficient (Wildman–Crippen LogP) is 3.24. The van der Waals surface area contributed by atoms with Crippen LogP contribution in [0.15, 0.2) is 63.3 Å². The average Bonchev–Trinajstić information content (AvgIpc) is 3.16. The third-order valence-electron chi connectivity index (χ3n) is 4.91. The first kappa shape index (κ1) is 23.5. The summed E-state index contributed by atoms with van der Waals surface area (Å²) in [5.41, 5.74) is 2.69. The summed E-state index contributed by atoms with van der Waals surface area (Å²) in [4.78, 5) is 40.7. The van der Waals surface area contributed by atoms with Gasteiger partial charge in [0.1, 0.15) is 5.82 Å². The molecule has 4 rings (SSSR count). The van der Waals surface area contributed by atoms with Gasteiger partial charge in [0.15, 0.2) is 5.16 Å². The van der Waals surface area contributed by atoms with Gasteiger partial charge in [-0.2, -0.15) is 0 Å². The Balaban J connectivity index is 1.59. The molecule has 0 aliphatic carbocycles. The van der Waals surface area contributed by atoms with Crippen molar-refractivity contribution in [3.05, 3.63) is 97.0 Å². The van der Waals surface area contributed by atoms with Gasteiger partial charge in [0.05, 0.1) is 5.75 Å². The molecule has 9 nitrogen and oxygen atoms in total. The number of halogens is 1. The Hall–Kier alpha value is -3.63. The maximum Gasteiger partial charge on any atom is 0.325 e. The average molecular weight is 497 g/mol. The van der Waals surface area contributed by atoms with Crippen molar-refractivity contribution in [1.29, 1.82) is 0 Å². The summed E-state index contributed by atoms with van der Waals surface area (Å²) in [6, 6.07) is 14.4. The molecule has 34 heavy (non-hydrogen) atoms. The van der Waals surface area contributed by atoms with E-state index in [9.17, 15) is 14.4 Å². The van der Waals surface area contributed by atoms with Crippen molar-refractivity contribution in [2.75, 3.05) is 11.1 Å². The quantitative estimate of drug-likeness (QED) is 0.337. The molecule has 3 N–H and O–H groups in total. The van der Waals surface area contributed by atoms with Crippen LogP contribution < -0.4 is 16.6 Å². The Labute approximate surface area is 203 Å². The maximum atomic E-state index is 12.5. The van der Waals surface area contributed by atoms with Crippen LogP contribution in [-0.2, 0) is 11.2 Å². The lowest BCUT2D eigenvalue weighted by molar-refractivity contribution is -0.113. The first-order valence-corrected chi connectivity index (χ1v) is 11.7. The van der Waals surface area contributed by atoms with Crippen molar-refractivity contribution in [3.63, 3.8) is 0 Å². The van der Waals surface area contributed by atoms with Crippen molar-refractivity contribution in [2.45, 2.75) is 25.4 Å². The summed E-state index contributed by atoms with van der Waals surface area (Å²) in [7, 11) is 0. The van der Waals surface area contributed by atoms with E-state index < -0.39 is 11.2 Å². The summed E-state index contributed by atoms with van der Waals surface area (Å²) < 4.78 is 1.81. The second-order valence-corrected chi connectivity index (χ2v) is 9.01. The Morgan fingerprint density at radius 3 is 2.65 bits per heavy atom. The Morgan fingerprint density at radius 1 is 1.09 bits per heavy atom. The largest absolute Gasteiger partial charge is 0.325 e. The molecule has 11 heteroatoms. The number of hydrogen-bond donors (Lipinski definition) is 3. The van der Waals surface area contributed by atoms with Crippen LogP contribution in [0.25, 0.3) is 5.69 Å². The summed E-state index contributed by atoms with van der Waals surface area (Å²) in [5.74, 6) is 0.390. The number of aromatic amines is 2. The SMILES string of the molecule is Cc1cccc(-n2c(Cc3cc(=O)[nH]c(=O)[nH]3)nnc2SCC(=O)Nc2ccc(C)c(Cl)c2)c1. The number of hydrogen-bond acceptors (Lipinski definition) is 6. The van der Waals surface area contributed by atoms with E-state index in [1.54, 1.807) is 12.1 Å². The molecule has 0 bridgehead atoms. The minimum atomic E-state index is -0.591. The molecule has 0 aliphatic rings. The van der Waals surface area contributed by atoms with Crippen molar-refractivity contribution < 1.29 is 4.79 Å². The number of aromatic nitrogens is 5. The molecule has 2 aromatic heterocycles. The number of nitrogens with zero attached hydrogens (tertiary/aromatic N) is 3. The highest BCUT2D eigenvalue weighted by Gasteiger charge is 2.17. The zero-order chi connectivity index (χ0) is 24.2. The van der Waals surface area contributed by atoms with Crippen LogP contribution in [0.1, 0.15) is 22.6 Å². The molecule has 0 atom stereocenters. The van der Waals surface area contributed by atoms with E-state index in [4.69, 9.17) is 11.6 Å². The molecule has 2 aromatic carbocycles. The molecule has 2 heterocycles. The van der Waals surface area contributed by atoms with Crippen LogP contribution in [0, 0.1) is 13.8 Å². The van der Waals surface area contributed by atoms with Crippen LogP contribution >= 0.6 is 23.4 Å². The highest BCUT2D eigenvalue weighted by atomic mass is 35.5. The Morgan fingerprint density at radius 2 is 1.91 bits per heavy atom. The van der Waals surface area contributed by atoms with E-state index in [0.717, 1.165) is 16.8 Å². The zero-order valence-electron chi connectivity index (χ0n) is 18.4. The second kappa shape index (κ2) is 10.1. The van der Waals surface area contributed by atoms with Gasteiger partial charge in [-0.05, 0) is 49.2 Å². The molecule has 4 aromatic rings. The molecule has 0 fully saturated rings. The number of H-pyrrole nitrogens is 2. The van der Waals surface area contributed by atoms with E-state index in [0.29, 0.717) is 27.4 Å². The van der Waals surface area contributed by atoms with Gasteiger partial charge in [0.25, 0.3) is 5.56 Å². The molecule has 0 saturated heterocycles. The molecule has 0 aliphatic heterocycles. The first-order valence-electron chi connectivity index (χ1n) is 10.3. The standard InChI is InChI=1S/C23H21ClN6O3S/c1-13-4-3-5-17(8-13)30-19(10-16-11-20(31)27-22(33)26-16)28-29-23(30)34-12-21(32)25-15-7-6-14(2)18(24)9-15/h3-9,11H,10,12H2,1-2H3,(H,25,32)(H2,26,27,31,33). The Bertz CT molecular complexity index is 1450. The van der Waals surface area contributed by atoms with Crippen LogP contribution in [0.2, 0.25) is 5.02 Å². The summed E-state index contributed by atoms with van der Waals surface area (Å²) in [6.45, 7) is 3.86. The third-order valence-corrected chi connectivity index (χ3v) is 6.25. The smallest absolute Gasteiger partial charge is 0.325 e. The van der Waals surface area contributed by atoms with E-state index in [1.807, 2.05) is 48.7 Å². The molecule has 1 amide bonds. The van der Waals surface area contributed by atoms with Crippen LogP contribution in [0.4, 0.5) is 5.69 Å². The fourth-order valence-electron chi connectivity index (χ4n) is 3.32. The van der Waals surface area contributed by atoms with Gasteiger partial charge in [-0.3, -0.25) is 19.1 Å². The predicted molar refractivity (Wildman–Crippen MR) is 132 cm³/mol. The lowest BCUT2D eigenvalue weighted by Gasteiger charge is -2.11. The van der Waals surface area contributed by atoms with Gasteiger partial charge < -0.3 is 10.3 Å². The van der Waals surface area contributed by atoms with Gasteiger partial charge in [-0.1, -0.05) is 41.6 Å². The van der Waals surface area contributed by atoms with Crippen LogP contribution in [-0.4, -0.2) is 36.4 Å². The molecular formula is C23H21ClN6O3S. The topological polar surface area (TPSA) is 126 Å². The highest BCUT2D eigenvalue weighted by molar-refractivity contribution is 7.99. The summed E-state index contributed by atoms with van der Waals surface area (Å²) in [5, 5.41) is 12.4. The second-order valence-electron chi connectivity index (χ2n) is 7.66. The van der Waals surface area contributed by atoms with Crippen molar-refractivity contribution in [3.8, 4) is 5.69 Å². The number of aryl methyl sites for hydroxylation is 2. The third kappa shape index (κ3) is 5.64. The maximum absolute atomic E-state index is 12.5. The zero-order valence-corrected chi connectivity index (χ0v) is 20.0. The number of rotatable bonds is 7. The van der Waals surface area contributed by atoms with E-state index in [2.05, 4.69) is 25.5 Å². The van der Waals surface area contributed by atoms with Gasteiger partial charge in [-0.15, -0.1) is 10.2 Å².